The van der Waals surface area contributed by atoms with Gasteiger partial charge in [-0.15, -0.1) is 0 Å². The summed E-state index contributed by atoms with van der Waals surface area (Å²) < 4.78 is 10.6. The first-order valence-corrected chi connectivity index (χ1v) is 10.8. The summed E-state index contributed by atoms with van der Waals surface area (Å²) in [4.78, 5) is 9.38. The van der Waals surface area contributed by atoms with Gasteiger partial charge in [0, 0.05) is 38.4 Å². The maximum atomic E-state index is 10.7. The van der Waals surface area contributed by atoms with Gasteiger partial charge in [-0.1, -0.05) is 18.2 Å². The SMILES string of the molecule is CCNC(=NCC(O)c1ccc(OC)c(OC)c1)N1CCN(c2cccc(C)c2)CC1. The van der Waals surface area contributed by atoms with Gasteiger partial charge in [-0.25, -0.2) is 0 Å². The van der Waals surface area contributed by atoms with E-state index >= 15 is 0 Å². The molecule has 3 rings (SSSR count). The first kappa shape index (κ1) is 22.7. The third kappa shape index (κ3) is 5.82. The monoisotopic (exact) mass is 426 g/mol. The molecule has 0 aromatic heterocycles. The Bertz CT molecular complexity index is 879. The van der Waals surface area contributed by atoms with Crippen molar-refractivity contribution < 1.29 is 14.6 Å². The fourth-order valence-electron chi connectivity index (χ4n) is 3.77. The summed E-state index contributed by atoms with van der Waals surface area (Å²) in [6.45, 7) is 8.87. The molecule has 0 spiro atoms. The molecule has 7 heteroatoms. The summed E-state index contributed by atoms with van der Waals surface area (Å²) in [6.07, 6.45) is -0.720. The molecule has 2 aromatic rings. The van der Waals surface area contributed by atoms with E-state index in [2.05, 4.69) is 53.2 Å². The standard InChI is InChI=1S/C24H34N4O3/c1-5-25-24(26-17-21(29)19-9-10-22(30-3)23(16-19)31-4)28-13-11-27(12-14-28)20-8-6-7-18(2)15-20/h6-10,15-16,21,29H,5,11-14,17H2,1-4H3,(H,25,26). The van der Waals surface area contributed by atoms with E-state index in [-0.39, 0.29) is 6.54 Å². The average Bonchev–Trinajstić information content (AvgIpc) is 2.81. The van der Waals surface area contributed by atoms with Gasteiger partial charge in [0.05, 0.1) is 26.9 Å². The predicted molar refractivity (Wildman–Crippen MR) is 125 cm³/mol. The lowest BCUT2D eigenvalue weighted by Gasteiger charge is -2.38. The van der Waals surface area contributed by atoms with E-state index in [4.69, 9.17) is 14.5 Å². The molecular weight excluding hydrogens is 392 g/mol. The zero-order valence-electron chi connectivity index (χ0n) is 19.0. The highest BCUT2D eigenvalue weighted by Gasteiger charge is 2.20. The quantitative estimate of drug-likeness (QED) is 0.524. The number of aliphatic hydroxyl groups excluding tert-OH is 1. The van der Waals surface area contributed by atoms with Gasteiger partial charge < -0.3 is 29.7 Å². The number of benzene rings is 2. The zero-order chi connectivity index (χ0) is 22.2. The van der Waals surface area contributed by atoms with Crippen LogP contribution < -0.4 is 19.7 Å². The number of piperazine rings is 1. The van der Waals surface area contributed by atoms with Crippen LogP contribution in [0.4, 0.5) is 5.69 Å². The first-order valence-electron chi connectivity index (χ1n) is 10.8. The number of nitrogens with one attached hydrogen (secondary N) is 1. The van der Waals surface area contributed by atoms with Crippen molar-refractivity contribution in [1.82, 2.24) is 10.2 Å². The van der Waals surface area contributed by atoms with Crippen molar-refractivity contribution in [2.24, 2.45) is 4.99 Å². The largest absolute Gasteiger partial charge is 0.493 e. The third-order valence-corrected chi connectivity index (χ3v) is 5.49. The van der Waals surface area contributed by atoms with Gasteiger partial charge in [0.2, 0.25) is 0 Å². The van der Waals surface area contributed by atoms with Crippen LogP contribution >= 0.6 is 0 Å². The van der Waals surface area contributed by atoms with Crippen LogP contribution in [0.15, 0.2) is 47.5 Å². The van der Waals surface area contributed by atoms with Gasteiger partial charge in [0.15, 0.2) is 17.5 Å². The minimum Gasteiger partial charge on any atom is -0.493 e. The topological polar surface area (TPSA) is 69.6 Å². The highest BCUT2D eigenvalue weighted by molar-refractivity contribution is 5.80. The normalized spacial score (nSPS) is 15.6. The number of anilines is 1. The lowest BCUT2D eigenvalue weighted by Crippen LogP contribution is -2.52. The van der Waals surface area contributed by atoms with E-state index in [0.29, 0.717) is 11.5 Å². The van der Waals surface area contributed by atoms with Crippen LogP contribution in [0.2, 0.25) is 0 Å². The number of aliphatic imine (C=N–C) groups is 1. The van der Waals surface area contributed by atoms with E-state index in [1.165, 1.54) is 11.3 Å². The number of rotatable bonds is 7. The van der Waals surface area contributed by atoms with Crippen molar-refractivity contribution in [3.05, 3.63) is 53.6 Å². The van der Waals surface area contributed by atoms with Crippen LogP contribution in [0.5, 0.6) is 11.5 Å². The maximum absolute atomic E-state index is 10.7. The van der Waals surface area contributed by atoms with Crippen molar-refractivity contribution in [3.63, 3.8) is 0 Å². The molecule has 2 aromatic carbocycles. The smallest absolute Gasteiger partial charge is 0.194 e. The van der Waals surface area contributed by atoms with Gasteiger partial charge in [-0.3, -0.25) is 4.99 Å². The lowest BCUT2D eigenvalue weighted by molar-refractivity contribution is 0.186. The minimum atomic E-state index is -0.720. The molecule has 1 aliphatic heterocycles. The number of nitrogens with zero attached hydrogens (tertiary/aromatic N) is 3. The lowest BCUT2D eigenvalue weighted by atomic mass is 10.1. The molecule has 0 saturated carbocycles. The molecule has 1 fully saturated rings. The average molecular weight is 427 g/mol. The van der Waals surface area contributed by atoms with E-state index in [1.54, 1.807) is 26.4 Å². The van der Waals surface area contributed by atoms with E-state index in [0.717, 1.165) is 44.2 Å². The van der Waals surface area contributed by atoms with Crippen LogP contribution in [-0.4, -0.2) is 69.5 Å². The summed E-state index contributed by atoms with van der Waals surface area (Å²) in [6, 6.07) is 14.1. The van der Waals surface area contributed by atoms with Gasteiger partial charge in [-0.05, 0) is 49.2 Å². The Kier molecular flexibility index (Phi) is 8.00. The van der Waals surface area contributed by atoms with E-state index < -0.39 is 6.10 Å². The number of methoxy groups -OCH3 is 2. The molecule has 1 heterocycles. The second-order valence-corrected chi connectivity index (χ2v) is 7.64. The molecule has 1 atom stereocenters. The summed E-state index contributed by atoms with van der Waals surface area (Å²) in [5.74, 6) is 2.08. The van der Waals surface area contributed by atoms with Crippen molar-refractivity contribution in [3.8, 4) is 11.5 Å². The zero-order valence-corrected chi connectivity index (χ0v) is 19.0. The molecule has 7 nitrogen and oxygen atoms in total. The van der Waals surface area contributed by atoms with Crippen LogP contribution in [0.1, 0.15) is 24.2 Å². The second kappa shape index (κ2) is 10.9. The predicted octanol–water partition coefficient (Wildman–Crippen LogP) is 2.83. The molecule has 1 saturated heterocycles. The summed E-state index contributed by atoms with van der Waals surface area (Å²) >= 11 is 0. The Morgan fingerprint density at radius 3 is 2.45 bits per heavy atom. The van der Waals surface area contributed by atoms with Crippen LogP contribution in [0, 0.1) is 6.92 Å². The third-order valence-electron chi connectivity index (χ3n) is 5.49. The Hall–Kier alpha value is -2.93. The van der Waals surface area contributed by atoms with Gasteiger partial charge in [0.1, 0.15) is 0 Å². The fourth-order valence-corrected chi connectivity index (χ4v) is 3.77. The highest BCUT2D eigenvalue weighted by atomic mass is 16.5. The molecule has 2 N–H and O–H groups in total. The molecular formula is C24H34N4O3. The molecule has 0 radical (unpaired) electrons. The fraction of sp³-hybridized carbons (Fsp3) is 0.458. The van der Waals surface area contributed by atoms with Gasteiger partial charge in [0.25, 0.3) is 0 Å². The molecule has 0 bridgehead atoms. The van der Waals surface area contributed by atoms with Crippen molar-refractivity contribution >= 4 is 11.6 Å². The summed E-state index contributed by atoms with van der Waals surface area (Å²) in [7, 11) is 3.19. The Morgan fingerprint density at radius 1 is 1.06 bits per heavy atom. The number of hydrogen-bond acceptors (Lipinski definition) is 5. The second-order valence-electron chi connectivity index (χ2n) is 7.64. The first-order chi connectivity index (χ1) is 15.0. The Balaban J connectivity index is 1.64. The van der Waals surface area contributed by atoms with Crippen molar-refractivity contribution in [1.29, 1.82) is 0 Å². The number of aliphatic hydroxyl groups is 1. The maximum Gasteiger partial charge on any atom is 0.194 e. The van der Waals surface area contributed by atoms with Crippen LogP contribution in [0.3, 0.4) is 0 Å². The molecule has 0 amide bonds. The van der Waals surface area contributed by atoms with E-state index in [9.17, 15) is 5.11 Å². The van der Waals surface area contributed by atoms with Gasteiger partial charge in [-0.2, -0.15) is 0 Å². The molecule has 1 aliphatic rings. The molecule has 168 valence electrons. The van der Waals surface area contributed by atoms with E-state index in [1.807, 2.05) is 6.07 Å². The number of guanidine groups is 1. The van der Waals surface area contributed by atoms with Crippen molar-refractivity contribution in [2.75, 3.05) is 58.4 Å². The molecule has 1 unspecified atom stereocenters. The van der Waals surface area contributed by atoms with Gasteiger partial charge >= 0.3 is 0 Å². The molecule has 0 aliphatic carbocycles. The Labute approximate surface area is 185 Å². The highest BCUT2D eigenvalue weighted by Crippen LogP contribution is 2.30. The molecule has 31 heavy (non-hydrogen) atoms. The minimum absolute atomic E-state index is 0.274. The summed E-state index contributed by atoms with van der Waals surface area (Å²) in [5.41, 5.74) is 3.30. The van der Waals surface area contributed by atoms with Crippen LogP contribution in [-0.2, 0) is 0 Å². The summed E-state index contributed by atoms with van der Waals surface area (Å²) in [5, 5.41) is 14.0. The Morgan fingerprint density at radius 2 is 1.81 bits per heavy atom. The van der Waals surface area contributed by atoms with Crippen LogP contribution in [0.25, 0.3) is 0 Å². The number of aryl methyl sites for hydroxylation is 1. The number of ether oxygens (including phenoxy) is 2. The number of hydrogen-bond donors (Lipinski definition) is 2. The van der Waals surface area contributed by atoms with Crippen molar-refractivity contribution in [2.45, 2.75) is 20.0 Å².